The number of carbonyl (C=O) groups is 3. The summed E-state index contributed by atoms with van der Waals surface area (Å²) in [5.41, 5.74) is 2.88. The first-order valence-corrected chi connectivity index (χ1v) is 9.28. The molecule has 2 aliphatic heterocycles. The molecule has 0 saturated carbocycles. The molecule has 2 atom stereocenters. The zero-order valence-corrected chi connectivity index (χ0v) is 15.4. The number of rotatable bonds is 4. The van der Waals surface area contributed by atoms with E-state index in [1.165, 1.54) is 0 Å². The van der Waals surface area contributed by atoms with Gasteiger partial charge in [-0.3, -0.25) is 9.59 Å². The first-order chi connectivity index (χ1) is 11.8. The van der Waals surface area contributed by atoms with Crippen LogP contribution in [0.3, 0.4) is 0 Å². The smallest absolute Gasteiger partial charge is 0.330 e. The summed E-state index contributed by atoms with van der Waals surface area (Å²) < 4.78 is 5.16. The lowest BCUT2D eigenvalue weighted by molar-refractivity contribution is -0.155. The standard InChI is InChI=1S/C18H22N2O4S/c1-11-4-5-13(8-12(11)2)19-15(21)9-24-17(23)14-10-25-18(3)7-6-16(22)20(14)18/h4-5,8,14H,6-7,9-10H2,1-3H3,(H,19,21)/t14-,18-/m1/s1. The third-order valence-corrected chi connectivity index (χ3v) is 6.36. The Labute approximate surface area is 151 Å². The Morgan fingerprint density at radius 1 is 1.36 bits per heavy atom. The number of ether oxygens (including phenoxy) is 1. The van der Waals surface area contributed by atoms with E-state index in [2.05, 4.69) is 5.32 Å². The maximum absolute atomic E-state index is 12.3. The molecule has 0 bridgehead atoms. The van der Waals surface area contributed by atoms with Crippen LogP contribution in [-0.4, -0.2) is 46.0 Å². The monoisotopic (exact) mass is 362 g/mol. The van der Waals surface area contributed by atoms with Crippen LogP contribution < -0.4 is 5.32 Å². The maximum atomic E-state index is 12.3. The van der Waals surface area contributed by atoms with Gasteiger partial charge in [0.15, 0.2) is 6.61 Å². The lowest BCUT2D eigenvalue weighted by Gasteiger charge is -2.29. The summed E-state index contributed by atoms with van der Waals surface area (Å²) >= 11 is 1.60. The maximum Gasteiger partial charge on any atom is 0.330 e. The summed E-state index contributed by atoms with van der Waals surface area (Å²) in [6, 6.07) is 5.01. The Balaban J connectivity index is 1.54. The Kier molecular flexibility index (Phi) is 4.77. The Bertz CT molecular complexity index is 736. The van der Waals surface area contributed by atoms with Crippen molar-refractivity contribution in [2.45, 2.75) is 44.5 Å². The highest BCUT2D eigenvalue weighted by atomic mass is 32.2. The molecule has 0 aliphatic carbocycles. The molecule has 3 rings (SSSR count). The van der Waals surface area contributed by atoms with Crippen LogP contribution in [0.4, 0.5) is 5.69 Å². The fourth-order valence-corrected chi connectivity index (χ4v) is 4.66. The average Bonchev–Trinajstić information content (AvgIpc) is 3.05. The SMILES string of the molecule is Cc1ccc(NC(=O)COC(=O)[C@H]2CS[C@]3(C)CCC(=O)N23)cc1C. The van der Waals surface area contributed by atoms with E-state index < -0.39 is 17.9 Å². The number of benzene rings is 1. The number of nitrogens with zero attached hydrogens (tertiary/aromatic N) is 1. The van der Waals surface area contributed by atoms with Crippen LogP contribution in [0.1, 0.15) is 30.9 Å². The number of esters is 1. The van der Waals surface area contributed by atoms with Crippen LogP contribution in [0.15, 0.2) is 18.2 Å². The van der Waals surface area contributed by atoms with Crippen LogP contribution in [0.25, 0.3) is 0 Å². The van der Waals surface area contributed by atoms with E-state index in [9.17, 15) is 14.4 Å². The van der Waals surface area contributed by atoms with E-state index in [1.54, 1.807) is 16.7 Å². The van der Waals surface area contributed by atoms with Gasteiger partial charge >= 0.3 is 5.97 Å². The van der Waals surface area contributed by atoms with Gasteiger partial charge in [0.2, 0.25) is 5.91 Å². The van der Waals surface area contributed by atoms with Crippen LogP contribution >= 0.6 is 11.8 Å². The topological polar surface area (TPSA) is 75.7 Å². The number of carbonyl (C=O) groups excluding carboxylic acids is 3. The van der Waals surface area contributed by atoms with Gasteiger partial charge in [0.1, 0.15) is 6.04 Å². The molecule has 6 nitrogen and oxygen atoms in total. The molecule has 0 spiro atoms. The molecule has 2 heterocycles. The zero-order chi connectivity index (χ0) is 18.2. The predicted octanol–water partition coefficient (Wildman–Crippen LogP) is 2.24. The number of hydrogen-bond acceptors (Lipinski definition) is 5. The fourth-order valence-electron chi connectivity index (χ4n) is 3.24. The minimum atomic E-state index is -0.598. The second kappa shape index (κ2) is 6.71. The first-order valence-electron chi connectivity index (χ1n) is 8.30. The largest absolute Gasteiger partial charge is 0.454 e. The minimum Gasteiger partial charge on any atom is -0.454 e. The van der Waals surface area contributed by atoms with Crippen molar-refractivity contribution >= 4 is 35.2 Å². The molecule has 134 valence electrons. The summed E-state index contributed by atoms with van der Waals surface area (Å²) in [6.07, 6.45) is 1.20. The Hall–Kier alpha value is -2.02. The van der Waals surface area contributed by atoms with Crippen LogP contribution in [0.2, 0.25) is 0 Å². The minimum absolute atomic E-state index is 0.0194. The van der Waals surface area contributed by atoms with E-state index in [1.807, 2.05) is 39.0 Å². The Morgan fingerprint density at radius 3 is 2.84 bits per heavy atom. The zero-order valence-electron chi connectivity index (χ0n) is 14.6. The van der Waals surface area contributed by atoms with Crippen LogP contribution in [0, 0.1) is 13.8 Å². The number of anilines is 1. The summed E-state index contributed by atoms with van der Waals surface area (Å²) in [7, 11) is 0. The molecule has 0 aromatic heterocycles. The summed E-state index contributed by atoms with van der Waals surface area (Å²) in [5.74, 6) is -0.409. The molecule has 2 aliphatic rings. The molecular formula is C18H22N2O4S. The van der Waals surface area contributed by atoms with Gasteiger partial charge in [-0.15, -0.1) is 11.8 Å². The molecule has 0 radical (unpaired) electrons. The van der Waals surface area contributed by atoms with Gasteiger partial charge < -0.3 is 15.0 Å². The van der Waals surface area contributed by atoms with Crippen molar-refractivity contribution in [3.05, 3.63) is 29.3 Å². The molecular weight excluding hydrogens is 340 g/mol. The van der Waals surface area contributed by atoms with Crippen molar-refractivity contribution in [3.63, 3.8) is 0 Å². The van der Waals surface area contributed by atoms with E-state index in [-0.39, 0.29) is 17.4 Å². The van der Waals surface area contributed by atoms with Crippen molar-refractivity contribution in [2.24, 2.45) is 0 Å². The summed E-state index contributed by atoms with van der Waals surface area (Å²) in [5, 5.41) is 2.72. The number of aryl methyl sites for hydroxylation is 2. The van der Waals surface area contributed by atoms with Crippen LogP contribution in [-0.2, 0) is 19.1 Å². The van der Waals surface area contributed by atoms with Gasteiger partial charge in [-0.2, -0.15) is 0 Å². The van der Waals surface area contributed by atoms with Crippen molar-refractivity contribution in [3.8, 4) is 0 Å². The molecule has 2 saturated heterocycles. The van der Waals surface area contributed by atoms with Gasteiger partial charge in [-0.05, 0) is 50.5 Å². The third kappa shape index (κ3) is 3.51. The second-order valence-corrected chi connectivity index (χ2v) is 8.22. The number of amides is 2. The molecule has 25 heavy (non-hydrogen) atoms. The lowest BCUT2D eigenvalue weighted by Crippen LogP contribution is -2.47. The number of fused-ring (bicyclic) bond motifs is 1. The van der Waals surface area contributed by atoms with Gasteiger partial charge in [0.25, 0.3) is 5.91 Å². The molecule has 0 unspecified atom stereocenters. The molecule has 2 amide bonds. The van der Waals surface area contributed by atoms with Gasteiger partial charge in [0.05, 0.1) is 4.87 Å². The lowest BCUT2D eigenvalue weighted by atomic mass is 10.1. The predicted molar refractivity (Wildman–Crippen MR) is 96.2 cm³/mol. The van der Waals surface area contributed by atoms with E-state index in [0.717, 1.165) is 17.5 Å². The van der Waals surface area contributed by atoms with Crippen molar-refractivity contribution in [2.75, 3.05) is 17.7 Å². The number of nitrogens with one attached hydrogen (secondary N) is 1. The molecule has 1 aromatic carbocycles. The molecule has 1 aromatic rings. The van der Waals surface area contributed by atoms with E-state index in [0.29, 0.717) is 17.9 Å². The fraction of sp³-hybridized carbons (Fsp3) is 0.500. The van der Waals surface area contributed by atoms with Crippen LogP contribution in [0.5, 0.6) is 0 Å². The highest BCUT2D eigenvalue weighted by Crippen LogP contribution is 2.47. The average molecular weight is 362 g/mol. The normalized spacial score (nSPS) is 25.0. The molecule has 1 N–H and O–H groups in total. The van der Waals surface area contributed by atoms with Gasteiger partial charge in [-0.1, -0.05) is 6.07 Å². The number of hydrogen-bond donors (Lipinski definition) is 1. The van der Waals surface area contributed by atoms with E-state index >= 15 is 0 Å². The third-order valence-electron chi connectivity index (χ3n) is 4.85. The highest BCUT2D eigenvalue weighted by Gasteiger charge is 2.53. The van der Waals surface area contributed by atoms with Gasteiger partial charge in [0, 0.05) is 17.9 Å². The van der Waals surface area contributed by atoms with Crippen molar-refractivity contribution in [1.29, 1.82) is 0 Å². The second-order valence-electron chi connectivity index (χ2n) is 6.72. The first kappa shape index (κ1) is 17.8. The summed E-state index contributed by atoms with van der Waals surface area (Å²) in [6.45, 7) is 5.58. The highest BCUT2D eigenvalue weighted by molar-refractivity contribution is 8.01. The van der Waals surface area contributed by atoms with Crippen molar-refractivity contribution in [1.82, 2.24) is 4.90 Å². The molecule has 7 heteroatoms. The Morgan fingerprint density at radius 2 is 2.12 bits per heavy atom. The van der Waals surface area contributed by atoms with Gasteiger partial charge in [-0.25, -0.2) is 4.79 Å². The summed E-state index contributed by atoms with van der Waals surface area (Å²) in [4.78, 5) is 37.7. The van der Waals surface area contributed by atoms with Crippen molar-refractivity contribution < 1.29 is 19.1 Å². The van der Waals surface area contributed by atoms with E-state index in [4.69, 9.17) is 4.74 Å². The molecule has 2 fully saturated rings. The quantitative estimate of drug-likeness (QED) is 0.832. The number of thioether (sulfide) groups is 1.